The van der Waals surface area contributed by atoms with Gasteiger partial charge in [-0.1, -0.05) is 12.1 Å². The number of nitrogen functional groups attached to an aromatic ring is 1. The zero-order valence-corrected chi connectivity index (χ0v) is 19.6. The molecule has 9 nitrogen and oxygen atoms in total. The van der Waals surface area contributed by atoms with Crippen molar-refractivity contribution in [3.63, 3.8) is 0 Å². The van der Waals surface area contributed by atoms with Gasteiger partial charge in [0.1, 0.15) is 5.75 Å². The summed E-state index contributed by atoms with van der Waals surface area (Å²) in [5.41, 5.74) is 9.33. The number of thiophene rings is 1. The number of nitrogens with zero attached hydrogens (tertiary/aromatic N) is 3. The number of rotatable bonds is 6. The monoisotopic (exact) mass is 488 g/mol. The van der Waals surface area contributed by atoms with Gasteiger partial charge in [-0.15, -0.1) is 11.3 Å². The third-order valence-corrected chi connectivity index (χ3v) is 7.06. The lowest BCUT2D eigenvalue weighted by atomic mass is 9.99. The van der Waals surface area contributed by atoms with Gasteiger partial charge in [-0.3, -0.25) is 4.79 Å². The lowest BCUT2D eigenvalue weighted by Crippen LogP contribution is -2.13. The number of phenolic OH excluding ortho intramolecular Hbond substituents is 1. The maximum Gasteiger partial charge on any atom is 0.265 e. The molecule has 0 unspecified atom stereocenters. The molecule has 0 bridgehead atoms. The van der Waals surface area contributed by atoms with Crippen LogP contribution >= 0.6 is 11.3 Å². The zero-order chi connectivity index (χ0) is 24.4. The Morgan fingerprint density at radius 1 is 1.06 bits per heavy atom. The van der Waals surface area contributed by atoms with Crippen molar-refractivity contribution in [3.8, 4) is 17.1 Å². The van der Waals surface area contributed by atoms with Crippen molar-refractivity contribution in [3.05, 3.63) is 69.4 Å². The van der Waals surface area contributed by atoms with Gasteiger partial charge in [0.2, 0.25) is 11.9 Å². The van der Waals surface area contributed by atoms with Crippen molar-refractivity contribution in [2.75, 3.05) is 16.4 Å². The molecule has 0 radical (unpaired) electrons. The molecule has 0 saturated heterocycles. The number of aromatic hydroxyl groups is 1. The Morgan fingerprint density at radius 2 is 1.86 bits per heavy atom. The van der Waals surface area contributed by atoms with E-state index in [-0.39, 0.29) is 36.0 Å². The maximum absolute atomic E-state index is 13.0. The van der Waals surface area contributed by atoms with Crippen LogP contribution in [0.5, 0.6) is 5.75 Å². The van der Waals surface area contributed by atoms with Crippen LogP contribution < -0.4 is 16.4 Å². The third kappa shape index (κ3) is 4.93. The van der Waals surface area contributed by atoms with Gasteiger partial charge in [0.15, 0.2) is 5.82 Å². The van der Waals surface area contributed by atoms with E-state index in [1.54, 1.807) is 30.3 Å². The Hall–Kier alpha value is -4.02. The molecule has 35 heavy (non-hydrogen) atoms. The highest BCUT2D eigenvalue weighted by Crippen LogP contribution is 2.32. The van der Waals surface area contributed by atoms with Crippen LogP contribution in [0.4, 0.5) is 23.3 Å². The van der Waals surface area contributed by atoms with Crippen LogP contribution in [0.1, 0.15) is 38.5 Å². The average Bonchev–Trinajstić information content (AvgIpc) is 3.30. The molecule has 0 atom stereocenters. The lowest BCUT2D eigenvalue weighted by Gasteiger charge is -2.14. The fourth-order valence-electron chi connectivity index (χ4n) is 4.11. The number of amides is 1. The lowest BCUT2D eigenvalue weighted by molar-refractivity contribution is 0.103. The summed E-state index contributed by atoms with van der Waals surface area (Å²) < 4.78 is 0. The van der Waals surface area contributed by atoms with Gasteiger partial charge in [0, 0.05) is 27.4 Å². The average molecular weight is 489 g/mol. The molecule has 5 rings (SSSR count). The fraction of sp³-hybridized carbons (Fsp3) is 0.200. The number of anilines is 4. The summed E-state index contributed by atoms with van der Waals surface area (Å²) in [6.07, 6.45) is 4.34. The minimum absolute atomic E-state index is 0.00114. The standard InChI is InChI=1S/C25H24N6O3S/c26-24-29-22(30-25(31-24)27-15-8-10-16(33)11-9-15)17-5-3-6-19(18(17)13-32)28-23(34)21-12-14-4-1-2-7-20(14)35-21/h3,5-6,8-12,32-33H,1-2,4,7,13H2,(H,28,34)(H3,26,27,29,30,31). The quantitative estimate of drug-likeness (QED) is 0.253. The summed E-state index contributed by atoms with van der Waals surface area (Å²) in [7, 11) is 0. The highest BCUT2D eigenvalue weighted by Gasteiger charge is 2.20. The number of carbonyl (C=O) groups excluding carboxylic acids is 1. The molecular formula is C25H24N6O3S. The molecule has 178 valence electrons. The van der Waals surface area contributed by atoms with Crippen molar-refractivity contribution in [1.29, 1.82) is 0 Å². The Kier molecular flexibility index (Phi) is 6.30. The number of fused-ring (bicyclic) bond motifs is 1. The van der Waals surface area contributed by atoms with Gasteiger partial charge >= 0.3 is 0 Å². The summed E-state index contributed by atoms with van der Waals surface area (Å²) in [4.78, 5) is 27.8. The van der Waals surface area contributed by atoms with E-state index in [1.165, 1.54) is 33.9 Å². The van der Waals surface area contributed by atoms with E-state index in [0.29, 0.717) is 27.4 Å². The molecular weight excluding hydrogens is 464 g/mol. The summed E-state index contributed by atoms with van der Waals surface area (Å²) in [6.45, 7) is -0.334. The number of hydrogen-bond acceptors (Lipinski definition) is 9. The van der Waals surface area contributed by atoms with Crippen LogP contribution in [0.25, 0.3) is 11.4 Å². The molecule has 4 aromatic rings. The summed E-state index contributed by atoms with van der Waals surface area (Å²) in [5.74, 6) is 0.395. The van der Waals surface area contributed by atoms with Crippen molar-refractivity contribution >= 4 is 40.5 Å². The first-order chi connectivity index (χ1) is 17.0. The molecule has 6 N–H and O–H groups in total. The molecule has 10 heteroatoms. The van der Waals surface area contributed by atoms with E-state index in [1.807, 2.05) is 6.07 Å². The Labute approximate surface area is 205 Å². The maximum atomic E-state index is 13.0. The first-order valence-corrected chi connectivity index (χ1v) is 12.1. The number of carbonyl (C=O) groups is 1. The van der Waals surface area contributed by atoms with Crippen LogP contribution in [-0.2, 0) is 19.4 Å². The SMILES string of the molecule is Nc1nc(Nc2ccc(O)cc2)nc(-c2cccc(NC(=O)c3cc4c(s3)CCCC4)c2CO)n1. The predicted molar refractivity (Wildman–Crippen MR) is 136 cm³/mol. The number of aliphatic hydroxyl groups excluding tert-OH is 1. The highest BCUT2D eigenvalue weighted by atomic mass is 32.1. The van der Waals surface area contributed by atoms with Crippen molar-refractivity contribution < 1.29 is 15.0 Å². The van der Waals surface area contributed by atoms with Crippen molar-refractivity contribution in [2.24, 2.45) is 0 Å². The van der Waals surface area contributed by atoms with Crippen LogP contribution in [0.3, 0.4) is 0 Å². The summed E-state index contributed by atoms with van der Waals surface area (Å²) >= 11 is 1.53. The predicted octanol–water partition coefficient (Wildman–Crippen LogP) is 4.25. The van der Waals surface area contributed by atoms with E-state index in [2.05, 4.69) is 25.6 Å². The number of hydrogen-bond donors (Lipinski definition) is 5. The number of aliphatic hydroxyl groups is 1. The molecule has 0 saturated carbocycles. The number of nitrogens with one attached hydrogen (secondary N) is 2. The van der Waals surface area contributed by atoms with Crippen LogP contribution in [-0.4, -0.2) is 31.1 Å². The summed E-state index contributed by atoms with van der Waals surface area (Å²) in [5, 5.41) is 25.6. The minimum Gasteiger partial charge on any atom is -0.508 e. The first-order valence-electron chi connectivity index (χ1n) is 11.2. The number of aromatic nitrogens is 3. The van der Waals surface area contributed by atoms with Gasteiger partial charge in [0.25, 0.3) is 5.91 Å². The van der Waals surface area contributed by atoms with Gasteiger partial charge in [0.05, 0.1) is 11.5 Å². The van der Waals surface area contributed by atoms with E-state index >= 15 is 0 Å². The third-order valence-electron chi connectivity index (χ3n) is 5.82. The number of benzene rings is 2. The van der Waals surface area contributed by atoms with E-state index < -0.39 is 0 Å². The number of aryl methyl sites for hydroxylation is 2. The molecule has 2 heterocycles. The molecule has 2 aromatic carbocycles. The zero-order valence-electron chi connectivity index (χ0n) is 18.8. The normalized spacial score (nSPS) is 12.7. The number of nitrogens with two attached hydrogens (primary N) is 1. The van der Waals surface area contributed by atoms with Gasteiger partial charge < -0.3 is 26.6 Å². The highest BCUT2D eigenvalue weighted by molar-refractivity contribution is 7.14. The molecule has 0 fully saturated rings. The molecule has 1 amide bonds. The Morgan fingerprint density at radius 3 is 2.63 bits per heavy atom. The first kappa shape index (κ1) is 22.8. The Bertz CT molecular complexity index is 1360. The molecule has 2 aromatic heterocycles. The van der Waals surface area contributed by atoms with Gasteiger partial charge in [-0.2, -0.15) is 15.0 Å². The van der Waals surface area contributed by atoms with Crippen LogP contribution in [0.2, 0.25) is 0 Å². The molecule has 0 aliphatic heterocycles. The van der Waals surface area contributed by atoms with E-state index in [4.69, 9.17) is 5.73 Å². The van der Waals surface area contributed by atoms with Crippen molar-refractivity contribution in [2.45, 2.75) is 32.3 Å². The van der Waals surface area contributed by atoms with E-state index in [9.17, 15) is 15.0 Å². The molecule has 0 spiro atoms. The Balaban J connectivity index is 1.44. The smallest absolute Gasteiger partial charge is 0.265 e. The fourth-order valence-corrected chi connectivity index (χ4v) is 5.26. The van der Waals surface area contributed by atoms with Crippen LogP contribution in [0.15, 0.2) is 48.5 Å². The molecule has 1 aliphatic rings. The minimum atomic E-state index is -0.334. The topological polar surface area (TPSA) is 146 Å². The van der Waals surface area contributed by atoms with Gasteiger partial charge in [-0.05, 0) is 67.6 Å². The summed E-state index contributed by atoms with van der Waals surface area (Å²) in [6, 6.07) is 13.6. The van der Waals surface area contributed by atoms with Gasteiger partial charge in [-0.25, -0.2) is 0 Å². The van der Waals surface area contributed by atoms with Crippen molar-refractivity contribution in [1.82, 2.24) is 15.0 Å². The number of phenols is 1. The molecule has 1 aliphatic carbocycles. The van der Waals surface area contributed by atoms with Crippen LogP contribution in [0, 0.1) is 0 Å². The second kappa shape index (κ2) is 9.69. The largest absolute Gasteiger partial charge is 0.508 e. The second-order valence-corrected chi connectivity index (χ2v) is 9.36. The second-order valence-electron chi connectivity index (χ2n) is 8.22. The van der Waals surface area contributed by atoms with E-state index in [0.717, 1.165) is 25.7 Å².